The first kappa shape index (κ1) is 9.44. The van der Waals surface area contributed by atoms with Crippen molar-refractivity contribution in [1.29, 1.82) is 0 Å². The first-order valence-corrected chi connectivity index (χ1v) is 3.59. The molecule has 0 saturated carbocycles. The van der Waals surface area contributed by atoms with Gasteiger partial charge in [-0.25, -0.2) is 0 Å². The van der Waals surface area contributed by atoms with Crippen LogP contribution in [0.15, 0.2) is 18.4 Å². The number of hydrogen-bond acceptors (Lipinski definition) is 2. The molecule has 1 unspecified atom stereocenters. The third kappa shape index (κ3) is 4.33. The number of allylic oxidation sites excluding steroid dienone is 1. The molecule has 0 aromatic heterocycles. The van der Waals surface area contributed by atoms with Crippen LogP contribution < -0.4 is 11.5 Å². The van der Waals surface area contributed by atoms with Crippen LogP contribution >= 0.6 is 0 Å². The Hall–Kier alpha value is -0.560. The summed E-state index contributed by atoms with van der Waals surface area (Å²) in [7, 11) is 0. The third-order valence-corrected chi connectivity index (χ3v) is 1.50. The lowest BCUT2D eigenvalue weighted by Crippen LogP contribution is -2.17. The van der Waals surface area contributed by atoms with Gasteiger partial charge in [0.05, 0.1) is 0 Å². The zero-order valence-electron chi connectivity index (χ0n) is 6.34. The van der Waals surface area contributed by atoms with Gasteiger partial charge in [-0.15, -0.1) is 5.73 Å². The van der Waals surface area contributed by atoms with Crippen molar-refractivity contribution in [1.82, 2.24) is 0 Å². The van der Waals surface area contributed by atoms with Gasteiger partial charge in [-0.3, -0.25) is 0 Å². The van der Waals surface area contributed by atoms with Crippen LogP contribution in [0, 0.1) is 5.92 Å². The van der Waals surface area contributed by atoms with Gasteiger partial charge >= 0.3 is 0 Å². The van der Waals surface area contributed by atoms with Gasteiger partial charge in [0.2, 0.25) is 0 Å². The van der Waals surface area contributed by atoms with Crippen LogP contribution in [-0.4, -0.2) is 13.1 Å². The highest BCUT2D eigenvalue weighted by Crippen LogP contribution is 2.04. The maximum atomic E-state index is 5.48. The summed E-state index contributed by atoms with van der Waals surface area (Å²) in [5.41, 5.74) is 13.6. The summed E-state index contributed by atoms with van der Waals surface area (Å²) in [6.07, 6.45) is 3.86. The Morgan fingerprint density at radius 1 is 1.50 bits per heavy atom. The van der Waals surface area contributed by atoms with Crippen LogP contribution in [-0.2, 0) is 0 Å². The van der Waals surface area contributed by atoms with E-state index in [1.54, 1.807) is 0 Å². The molecule has 10 heavy (non-hydrogen) atoms. The minimum atomic E-state index is 0.513. The first-order chi connectivity index (χ1) is 4.85. The lowest BCUT2D eigenvalue weighted by Gasteiger charge is -2.08. The van der Waals surface area contributed by atoms with Gasteiger partial charge in [-0.2, -0.15) is 0 Å². The number of nitrogens with two attached hydrogens (primary N) is 2. The van der Waals surface area contributed by atoms with Gasteiger partial charge in [-0.1, -0.05) is 6.58 Å². The van der Waals surface area contributed by atoms with E-state index in [-0.39, 0.29) is 0 Å². The summed E-state index contributed by atoms with van der Waals surface area (Å²) in [4.78, 5) is 0. The van der Waals surface area contributed by atoms with E-state index < -0.39 is 0 Å². The number of hydrogen-bond donors (Lipinski definition) is 2. The van der Waals surface area contributed by atoms with E-state index in [0.717, 1.165) is 12.8 Å². The summed E-state index contributed by atoms with van der Waals surface area (Å²) in [5.74, 6) is 0.513. The fourth-order valence-corrected chi connectivity index (χ4v) is 0.818. The van der Waals surface area contributed by atoms with Crippen molar-refractivity contribution in [3.05, 3.63) is 18.4 Å². The van der Waals surface area contributed by atoms with Gasteiger partial charge < -0.3 is 11.5 Å². The lowest BCUT2D eigenvalue weighted by atomic mass is 10.0. The molecule has 0 rings (SSSR count). The average Bonchev–Trinajstić information content (AvgIpc) is 1.98. The predicted octanol–water partition coefficient (Wildman–Crippen LogP) is 0.641. The molecule has 0 aromatic carbocycles. The zero-order valence-corrected chi connectivity index (χ0v) is 6.34. The van der Waals surface area contributed by atoms with Crippen molar-refractivity contribution in [2.75, 3.05) is 13.1 Å². The fourth-order valence-electron chi connectivity index (χ4n) is 0.818. The van der Waals surface area contributed by atoms with Gasteiger partial charge in [-0.05, 0) is 37.9 Å². The summed E-state index contributed by atoms with van der Waals surface area (Å²) < 4.78 is 0. The second kappa shape index (κ2) is 6.56. The molecule has 2 nitrogen and oxygen atoms in total. The quantitative estimate of drug-likeness (QED) is 0.551. The molecule has 0 radical (unpaired) electrons. The molecular weight excluding hydrogens is 124 g/mol. The van der Waals surface area contributed by atoms with Gasteiger partial charge in [0.25, 0.3) is 0 Å². The minimum Gasteiger partial charge on any atom is -0.330 e. The predicted molar refractivity (Wildman–Crippen MR) is 44.5 cm³/mol. The van der Waals surface area contributed by atoms with Gasteiger partial charge in [0.1, 0.15) is 0 Å². The number of rotatable bonds is 5. The summed E-state index contributed by atoms with van der Waals surface area (Å²) in [6.45, 7) is 4.89. The van der Waals surface area contributed by atoms with E-state index in [4.69, 9.17) is 11.5 Å². The standard InChI is InChI=1S/C8H16N2/c1-2-3-4-8(7-10)5-6-9/h3,8H,1,4-7,9-10H2. The highest BCUT2D eigenvalue weighted by molar-refractivity contribution is 4.79. The Labute approximate surface area is 62.6 Å². The maximum absolute atomic E-state index is 5.48. The van der Waals surface area contributed by atoms with Crippen molar-refractivity contribution in [3.63, 3.8) is 0 Å². The molecule has 0 aromatic rings. The maximum Gasteiger partial charge on any atom is -0.00452 e. The van der Waals surface area contributed by atoms with Crippen LogP contribution in [0.1, 0.15) is 12.8 Å². The van der Waals surface area contributed by atoms with Gasteiger partial charge in [0, 0.05) is 0 Å². The molecule has 1 atom stereocenters. The van der Waals surface area contributed by atoms with Crippen molar-refractivity contribution in [3.8, 4) is 0 Å². The normalized spacial score (nSPS) is 12.2. The van der Waals surface area contributed by atoms with E-state index in [0.29, 0.717) is 19.0 Å². The fraction of sp³-hybridized carbons (Fsp3) is 0.625. The third-order valence-electron chi connectivity index (χ3n) is 1.50. The Balaban J connectivity index is 3.48. The van der Waals surface area contributed by atoms with Crippen LogP contribution in [0.4, 0.5) is 0 Å². The largest absolute Gasteiger partial charge is 0.330 e. The summed E-state index contributed by atoms with van der Waals surface area (Å²) in [6, 6.07) is 0. The highest BCUT2D eigenvalue weighted by atomic mass is 14.6. The Bertz CT molecular complexity index is 114. The molecular formula is C8H16N2. The molecule has 0 bridgehead atoms. The first-order valence-electron chi connectivity index (χ1n) is 3.59. The molecule has 2 heteroatoms. The van der Waals surface area contributed by atoms with Crippen LogP contribution in [0.3, 0.4) is 0 Å². The van der Waals surface area contributed by atoms with E-state index in [9.17, 15) is 0 Å². The Morgan fingerprint density at radius 3 is 2.60 bits per heavy atom. The van der Waals surface area contributed by atoms with Crippen molar-refractivity contribution in [2.24, 2.45) is 17.4 Å². The molecule has 0 aliphatic carbocycles. The molecule has 0 spiro atoms. The molecule has 0 amide bonds. The molecule has 58 valence electrons. The second-order valence-corrected chi connectivity index (χ2v) is 2.32. The van der Waals surface area contributed by atoms with E-state index in [1.807, 2.05) is 6.08 Å². The van der Waals surface area contributed by atoms with Crippen LogP contribution in [0.25, 0.3) is 0 Å². The molecule has 4 N–H and O–H groups in total. The lowest BCUT2D eigenvalue weighted by molar-refractivity contribution is 0.510. The smallest absolute Gasteiger partial charge is 0.00452 e. The van der Waals surface area contributed by atoms with Crippen molar-refractivity contribution in [2.45, 2.75) is 12.8 Å². The minimum absolute atomic E-state index is 0.513. The summed E-state index contributed by atoms with van der Waals surface area (Å²) in [5, 5.41) is 0. The monoisotopic (exact) mass is 140 g/mol. The molecule has 0 aliphatic heterocycles. The Morgan fingerprint density at radius 2 is 2.20 bits per heavy atom. The van der Waals surface area contributed by atoms with E-state index in [1.165, 1.54) is 0 Å². The second-order valence-electron chi connectivity index (χ2n) is 2.32. The summed E-state index contributed by atoms with van der Waals surface area (Å²) >= 11 is 0. The molecule has 0 heterocycles. The van der Waals surface area contributed by atoms with E-state index >= 15 is 0 Å². The van der Waals surface area contributed by atoms with Crippen molar-refractivity contribution >= 4 is 0 Å². The Kier molecular flexibility index (Phi) is 6.19. The topological polar surface area (TPSA) is 52.0 Å². The molecule has 0 fully saturated rings. The van der Waals surface area contributed by atoms with Gasteiger partial charge in [0.15, 0.2) is 0 Å². The van der Waals surface area contributed by atoms with Crippen LogP contribution in [0.5, 0.6) is 0 Å². The van der Waals surface area contributed by atoms with Crippen LogP contribution in [0.2, 0.25) is 0 Å². The molecule has 0 saturated heterocycles. The highest BCUT2D eigenvalue weighted by Gasteiger charge is 2.01. The van der Waals surface area contributed by atoms with Crippen molar-refractivity contribution < 1.29 is 0 Å². The SMILES string of the molecule is C=C=CCC(CN)CCN. The zero-order chi connectivity index (χ0) is 7.82. The molecule has 0 aliphatic rings. The average molecular weight is 140 g/mol. The van der Waals surface area contributed by atoms with E-state index in [2.05, 4.69) is 12.3 Å².